The lowest BCUT2D eigenvalue weighted by molar-refractivity contribution is -0.124. The number of imide groups is 1. The predicted octanol–water partition coefficient (Wildman–Crippen LogP) is -1.15. The molecule has 6 nitrogen and oxygen atoms in total. The van der Waals surface area contributed by atoms with E-state index in [9.17, 15) is 9.59 Å². The van der Waals surface area contributed by atoms with E-state index in [-0.39, 0.29) is 6.04 Å². The topological polar surface area (TPSA) is 101 Å². The average Bonchev–Trinajstić information content (AvgIpc) is 2.00. The van der Waals surface area contributed by atoms with Crippen LogP contribution in [0.2, 0.25) is 0 Å². The monoisotopic (exact) mass is 202 g/mol. The summed E-state index contributed by atoms with van der Waals surface area (Å²) < 4.78 is 0. The van der Waals surface area contributed by atoms with Gasteiger partial charge in [-0.25, -0.2) is 4.79 Å². The van der Waals surface area contributed by atoms with E-state index in [1.54, 1.807) is 18.9 Å². The highest BCUT2D eigenvalue weighted by atomic mass is 16.2. The second-order valence-corrected chi connectivity index (χ2v) is 3.45. The molecular weight excluding hydrogens is 184 g/mol. The minimum atomic E-state index is -0.837. The normalized spacial score (nSPS) is 14.9. The van der Waals surface area contributed by atoms with E-state index in [1.165, 1.54) is 0 Å². The van der Waals surface area contributed by atoms with Gasteiger partial charge in [0.2, 0.25) is 5.91 Å². The third kappa shape index (κ3) is 4.78. The van der Waals surface area contributed by atoms with E-state index in [0.717, 1.165) is 0 Å². The first kappa shape index (κ1) is 12.9. The molecule has 0 spiro atoms. The average molecular weight is 202 g/mol. The zero-order chi connectivity index (χ0) is 11.3. The number of carbonyl (C=O) groups is 2. The fourth-order valence-corrected chi connectivity index (χ4v) is 1.04. The zero-order valence-electron chi connectivity index (χ0n) is 8.78. The molecule has 6 heteroatoms. The molecule has 0 rings (SSSR count). The second-order valence-electron chi connectivity index (χ2n) is 3.45. The number of hydrogen-bond donors (Lipinski definition) is 3. The Bertz CT molecular complexity index is 217. The molecule has 0 saturated carbocycles. The largest absolute Gasteiger partial charge is 0.351 e. The van der Waals surface area contributed by atoms with E-state index in [2.05, 4.69) is 0 Å². The van der Waals surface area contributed by atoms with Crippen molar-refractivity contribution in [1.29, 1.82) is 0 Å². The smallest absolute Gasteiger partial charge is 0.318 e. The number of hydrogen-bond acceptors (Lipinski definition) is 4. The summed E-state index contributed by atoms with van der Waals surface area (Å²) in [7, 11) is 1.76. The minimum Gasteiger partial charge on any atom is -0.351 e. The van der Waals surface area contributed by atoms with Gasteiger partial charge in [0, 0.05) is 12.6 Å². The number of urea groups is 1. The molecule has 0 aromatic rings. The molecule has 0 aromatic heterocycles. The standard InChI is InChI=1S/C8H18N4O2/c1-5(9)4-12(3)6(2)7(13)11-8(10)14/h5-6H,4,9H2,1-3H3,(H3,10,11,13,14). The maximum atomic E-state index is 11.3. The number of nitrogens with zero attached hydrogens (tertiary/aromatic N) is 1. The third-order valence-corrected chi connectivity index (χ3v) is 1.86. The third-order valence-electron chi connectivity index (χ3n) is 1.86. The van der Waals surface area contributed by atoms with Gasteiger partial charge in [-0.05, 0) is 20.9 Å². The van der Waals surface area contributed by atoms with Crippen LogP contribution in [-0.4, -0.2) is 42.5 Å². The van der Waals surface area contributed by atoms with Gasteiger partial charge in [-0.2, -0.15) is 0 Å². The van der Waals surface area contributed by atoms with Crippen LogP contribution in [0.4, 0.5) is 4.79 Å². The van der Waals surface area contributed by atoms with Gasteiger partial charge in [0.25, 0.3) is 0 Å². The maximum absolute atomic E-state index is 11.3. The maximum Gasteiger partial charge on any atom is 0.318 e. The molecule has 0 radical (unpaired) electrons. The van der Waals surface area contributed by atoms with Gasteiger partial charge in [0.15, 0.2) is 0 Å². The van der Waals surface area contributed by atoms with Crippen LogP contribution in [0.3, 0.4) is 0 Å². The fourth-order valence-electron chi connectivity index (χ4n) is 1.04. The van der Waals surface area contributed by atoms with Crippen LogP contribution in [0.25, 0.3) is 0 Å². The number of nitrogens with two attached hydrogens (primary N) is 2. The van der Waals surface area contributed by atoms with Crippen LogP contribution in [0, 0.1) is 0 Å². The summed E-state index contributed by atoms with van der Waals surface area (Å²) in [6, 6.07) is -1.28. The molecule has 82 valence electrons. The minimum absolute atomic E-state index is 0.0242. The quantitative estimate of drug-likeness (QED) is 0.535. The van der Waals surface area contributed by atoms with Crippen molar-refractivity contribution in [3.63, 3.8) is 0 Å². The lowest BCUT2D eigenvalue weighted by Crippen LogP contribution is -2.49. The molecule has 0 heterocycles. The molecule has 0 aliphatic heterocycles. The Labute approximate surface area is 83.6 Å². The first-order chi connectivity index (χ1) is 6.34. The van der Waals surface area contributed by atoms with Gasteiger partial charge < -0.3 is 11.5 Å². The van der Waals surface area contributed by atoms with Gasteiger partial charge in [-0.1, -0.05) is 0 Å². The van der Waals surface area contributed by atoms with Gasteiger partial charge in [0.05, 0.1) is 6.04 Å². The van der Waals surface area contributed by atoms with E-state index in [4.69, 9.17) is 11.5 Å². The van der Waals surface area contributed by atoms with E-state index >= 15 is 0 Å². The summed E-state index contributed by atoms with van der Waals surface area (Å²) in [4.78, 5) is 23.4. The molecule has 0 fully saturated rings. The van der Waals surface area contributed by atoms with E-state index in [0.29, 0.717) is 6.54 Å². The predicted molar refractivity (Wildman–Crippen MR) is 53.5 cm³/mol. The number of amides is 3. The summed E-state index contributed by atoms with van der Waals surface area (Å²) in [6.07, 6.45) is 0. The lowest BCUT2D eigenvalue weighted by Gasteiger charge is -2.24. The number of primary amides is 1. The molecule has 0 aliphatic carbocycles. The van der Waals surface area contributed by atoms with Crippen LogP contribution in [0.1, 0.15) is 13.8 Å². The van der Waals surface area contributed by atoms with Gasteiger partial charge in [-0.15, -0.1) is 0 Å². The molecule has 2 unspecified atom stereocenters. The van der Waals surface area contributed by atoms with Crippen molar-refractivity contribution in [3.05, 3.63) is 0 Å². The van der Waals surface area contributed by atoms with E-state index < -0.39 is 18.0 Å². The summed E-state index contributed by atoms with van der Waals surface area (Å²) in [5, 5.41) is 2.01. The van der Waals surface area contributed by atoms with Crippen molar-refractivity contribution in [2.24, 2.45) is 11.5 Å². The Kier molecular flexibility index (Phi) is 5.11. The van der Waals surface area contributed by atoms with Crippen molar-refractivity contribution in [1.82, 2.24) is 10.2 Å². The van der Waals surface area contributed by atoms with Crippen molar-refractivity contribution >= 4 is 11.9 Å². The molecule has 0 aliphatic rings. The highest BCUT2D eigenvalue weighted by molar-refractivity contribution is 5.96. The van der Waals surface area contributed by atoms with Crippen molar-refractivity contribution < 1.29 is 9.59 Å². The number of rotatable bonds is 4. The first-order valence-electron chi connectivity index (χ1n) is 4.40. The molecule has 14 heavy (non-hydrogen) atoms. The van der Waals surface area contributed by atoms with Gasteiger partial charge >= 0.3 is 6.03 Å². The Morgan fingerprint density at radius 2 is 1.93 bits per heavy atom. The number of likely N-dealkylation sites (N-methyl/N-ethyl adjacent to an activating group) is 1. The highest BCUT2D eigenvalue weighted by Crippen LogP contribution is 1.96. The lowest BCUT2D eigenvalue weighted by atomic mass is 10.2. The Morgan fingerprint density at radius 3 is 2.29 bits per heavy atom. The number of carbonyl (C=O) groups excluding carboxylic acids is 2. The summed E-state index contributed by atoms with van der Waals surface area (Å²) in [6.45, 7) is 4.10. The van der Waals surface area contributed by atoms with Crippen LogP contribution in [0.5, 0.6) is 0 Å². The molecule has 0 bridgehead atoms. The fraction of sp³-hybridized carbons (Fsp3) is 0.750. The molecular formula is C8H18N4O2. The van der Waals surface area contributed by atoms with Crippen LogP contribution < -0.4 is 16.8 Å². The molecule has 2 atom stereocenters. The first-order valence-corrected chi connectivity index (χ1v) is 4.40. The van der Waals surface area contributed by atoms with Crippen molar-refractivity contribution in [3.8, 4) is 0 Å². The molecule has 0 aromatic carbocycles. The SMILES string of the molecule is CC(N)CN(C)C(C)C(=O)NC(N)=O. The van der Waals surface area contributed by atoms with Crippen molar-refractivity contribution in [2.75, 3.05) is 13.6 Å². The zero-order valence-corrected chi connectivity index (χ0v) is 8.78. The Morgan fingerprint density at radius 1 is 1.43 bits per heavy atom. The van der Waals surface area contributed by atoms with Crippen molar-refractivity contribution in [2.45, 2.75) is 25.9 Å². The highest BCUT2D eigenvalue weighted by Gasteiger charge is 2.19. The van der Waals surface area contributed by atoms with Gasteiger partial charge in [0.1, 0.15) is 0 Å². The second kappa shape index (κ2) is 5.56. The molecule has 0 saturated heterocycles. The van der Waals surface area contributed by atoms with Crippen LogP contribution in [-0.2, 0) is 4.79 Å². The summed E-state index contributed by atoms with van der Waals surface area (Å²) >= 11 is 0. The van der Waals surface area contributed by atoms with E-state index in [1.807, 2.05) is 12.2 Å². The van der Waals surface area contributed by atoms with Crippen LogP contribution in [0.15, 0.2) is 0 Å². The molecule has 5 N–H and O–H groups in total. The Balaban J connectivity index is 4.10. The molecule has 3 amide bonds. The van der Waals surface area contributed by atoms with Gasteiger partial charge in [-0.3, -0.25) is 15.0 Å². The summed E-state index contributed by atoms with van der Waals surface area (Å²) in [5.41, 5.74) is 10.4. The van der Waals surface area contributed by atoms with Crippen LogP contribution >= 0.6 is 0 Å². The Hall–Kier alpha value is -1.14. The number of nitrogens with one attached hydrogen (secondary N) is 1. The summed E-state index contributed by atoms with van der Waals surface area (Å²) in [5.74, 6) is -0.416.